The van der Waals surface area contributed by atoms with Gasteiger partial charge >= 0.3 is 6.09 Å². The summed E-state index contributed by atoms with van der Waals surface area (Å²) in [6, 6.07) is 7.92. The molecule has 1 aromatic carbocycles. The highest BCUT2D eigenvalue weighted by Gasteiger charge is 2.24. The summed E-state index contributed by atoms with van der Waals surface area (Å²) in [5.41, 5.74) is 1.78. The van der Waals surface area contributed by atoms with Crippen LogP contribution in [0.3, 0.4) is 0 Å². The quantitative estimate of drug-likeness (QED) is 0.307. The first-order valence-electron chi connectivity index (χ1n) is 9.84. The Labute approximate surface area is 189 Å². The van der Waals surface area contributed by atoms with Gasteiger partial charge in [-0.3, -0.25) is 4.79 Å². The van der Waals surface area contributed by atoms with E-state index in [1.54, 1.807) is 4.90 Å². The molecule has 162 valence electrons. The highest BCUT2D eigenvalue weighted by molar-refractivity contribution is 14.0. The first-order valence-corrected chi connectivity index (χ1v) is 9.84. The van der Waals surface area contributed by atoms with Crippen molar-refractivity contribution in [3.63, 3.8) is 0 Å². The first kappa shape index (κ1) is 25.0. The summed E-state index contributed by atoms with van der Waals surface area (Å²) < 4.78 is 5.06. The van der Waals surface area contributed by atoms with Crippen LogP contribution in [-0.4, -0.2) is 55.1 Å². The fourth-order valence-corrected chi connectivity index (χ4v) is 3.06. The van der Waals surface area contributed by atoms with Crippen molar-refractivity contribution in [3.05, 3.63) is 29.8 Å². The maximum atomic E-state index is 11.8. The Morgan fingerprint density at radius 3 is 2.59 bits per heavy atom. The predicted octanol–water partition coefficient (Wildman–Crippen LogP) is 2.94. The molecule has 0 radical (unpaired) electrons. The van der Waals surface area contributed by atoms with Gasteiger partial charge in [0.2, 0.25) is 5.91 Å². The number of carbonyl (C=O) groups excluding carboxylic acids is 2. The monoisotopic (exact) mass is 517 g/mol. The second kappa shape index (κ2) is 13.2. The standard InChI is InChI=1S/C20H31N5O3.HI/c1-4-21-19(22-14-16-7-6-8-18(13-16)23-15(3)26)24-17-9-11-25(12-10-17)20(27)28-5-2;/h6-8,13,17H,4-5,9-12,14H2,1-3H3,(H,23,26)(H2,21,22,24);1H. The van der Waals surface area contributed by atoms with E-state index < -0.39 is 0 Å². The fourth-order valence-electron chi connectivity index (χ4n) is 3.06. The van der Waals surface area contributed by atoms with Crippen LogP contribution in [0.5, 0.6) is 0 Å². The molecule has 2 rings (SSSR count). The SMILES string of the molecule is CCNC(=NCc1cccc(NC(C)=O)c1)NC1CCN(C(=O)OCC)CC1.I. The number of anilines is 1. The molecule has 0 spiro atoms. The van der Waals surface area contributed by atoms with Crippen LogP contribution in [0.15, 0.2) is 29.3 Å². The number of likely N-dealkylation sites (tertiary alicyclic amines) is 1. The van der Waals surface area contributed by atoms with Crippen molar-refractivity contribution < 1.29 is 14.3 Å². The highest BCUT2D eigenvalue weighted by atomic mass is 127. The topological polar surface area (TPSA) is 95.1 Å². The van der Waals surface area contributed by atoms with Crippen LogP contribution in [0.1, 0.15) is 39.2 Å². The molecule has 0 unspecified atom stereocenters. The van der Waals surface area contributed by atoms with Crippen molar-refractivity contribution in [2.45, 2.75) is 46.2 Å². The second-order valence-electron chi connectivity index (χ2n) is 6.68. The van der Waals surface area contributed by atoms with Gasteiger partial charge in [-0.05, 0) is 44.4 Å². The van der Waals surface area contributed by atoms with Gasteiger partial charge in [-0.2, -0.15) is 0 Å². The molecule has 3 N–H and O–H groups in total. The number of aliphatic imine (C=N–C) groups is 1. The molecular weight excluding hydrogens is 485 g/mol. The molecule has 1 aliphatic heterocycles. The lowest BCUT2D eigenvalue weighted by Gasteiger charge is -2.32. The smallest absolute Gasteiger partial charge is 0.409 e. The first-order chi connectivity index (χ1) is 13.5. The van der Waals surface area contributed by atoms with E-state index in [1.807, 2.05) is 38.1 Å². The Morgan fingerprint density at radius 1 is 1.24 bits per heavy atom. The van der Waals surface area contributed by atoms with Crippen molar-refractivity contribution >= 4 is 47.6 Å². The number of hydrogen-bond acceptors (Lipinski definition) is 4. The lowest BCUT2D eigenvalue weighted by atomic mass is 10.1. The molecule has 0 bridgehead atoms. The summed E-state index contributed by atoms with van der Waals surface area (Å²) in [7, 11) is 0. The zero-order chi connectivity index (χ0) is 20.4. The number of guanidine groups is 1. The molecule has 0 aromatic heterocycles. The minimum atomic E-state index is -0.236. The van der Waals surface area contributed by atoms with Gasteiger partial charge in [0, 0.05) is 38.3 Å². The summed E-state index contributed by atoms with van der Waals surface area (Å²) in [5.74, 6) is 0.659. The Hall–Kier alpha value is -2.04. The number of hydrogen-bond donors (Lipinski definition) is 3. The van der Waals surface area contributed by atoms with E-state index in [4.69, 9.17) is 4.74 Å². The van der Waals surface area contributed by atoms with Gasteiger partial charge in [0.15, 0.2) is 5.96 Å². The molecular formula is C20H32IN5O3. The van der Waals surface area contributed by atoms with Crippen LogP contribution in [0.4, 0.5) is 10.5 Å². The largest absolute Gasteiger partial charge is 0.450 e. The molecule has 0 aliphatic carbocycles. The lowest BCUT2D eigenvalue weighted by molar-refractivity contribution is -0.114. The average molecular weight is 517 g/mol. The Bertz CT molecular complexity index is 690. The summed E-state index contributed by atoms with van der Waals surface area (Å²) in [6.07, 6.45) is 1.46. The third-order valence-corrected chi connectivity index (χ3v) is 4.37. The maximum absolute atomic E-state index is 11.8. The molecule has 9 heteroatoms. The predicted molar refractivity (Wildman–Crippen MR) is 126 cm³/mol. The molecule has 1 aliphatic rings. The summed E-state index contributed by atoms with van der Waals surface area (Å²) in [4.78, 5) is 29.4. The number of nitrogens with zero attached hydrogens (tertiary/aromatic N) is 2. The van der Waals surface area contributed by atoms with Crippen LogP contribution in [0.2, 0.25) is 0 Å². The molecule has 1 saturated heterocycles. The van der Waals surface area contributed by atoms with Crippen LogP contribution < -0.4 is 16.0 Å². The number of carbonyl (C=O) groups is 2. The number of ether oxygens (including phenoxy) is 1. The number of rotatable bonds is 6. The van der Waals surface area contributed by atoms with Crippen LogP contribution in [0, 0.1) is 0 Å². The summed E-state index contributed by atoms with van der Waals surface area (Å²) in [5, 5.41) is 9.51. The number of nitrogens with one attached hydrogen (secondary N) is 3. The van der Waals surface area contributed by atoms with Gasteiger partial charge in [-0.25, -0.2) is 9.79 Å². The average Bonchev–Trinajstić information content (AvgIpc) is 2.67. The van der Waals surface area contributed by atoms with E-state index in [9.17, 15) is 9.59 Å². The van der Waals surface area contributed by atoms with Crippen molar-refractivity contribution in [3.8, 4) is 0 Å². The molecule has 0 atom stereocenters. The zero-order valence-electron chi connectivity index (χ0n) is 17.4. The molecule has 1 aromatic rings. The van der Waals surface area contributed by atoms with Crippen molar-refractivity contribution in [1.29, 1.82) is 0 Å². The number of piperidine rings is 1. The lowest BCUT2D eigenvalue weighted by Crippen LogP contribution is -2.49. The van der Waals surface area contributed by atoms with Gasteiger partial charge < -0.3 is 25.6 Å². The van der Waals surface area contributed by atoms with E-state index in [0.29, 0.717) is 26.2 Å². The van der Waals surface area contributed by atoms with E-state index in [0.717, 1.165) is 36.6 Å². The summed E-state index contributed by atoms with van der Waals surface area (Å²) in [6.45, 7) is 8.35. The van der Waals surface area contributed by atoms with Crippen molar-refractivity contribution in [2.24, 2.45) is 4.99 Å². The molecule has 2 amide bonds. The number of benzene rings is 1. The molecule has 0 saturated carbocycles. The second-order valence-corrected chi connectivity index (χ2v) is 6.68. The minimum absolute atomic E-state index is 0. The third-order valence-electron chi connectivity index (χ3n) is 4.37. The molecule has 8 nitrogen and oxygen atoms in total. The highest BCUT2D eigenvalue weighted by Crippen LogP contribution is 2.13. The number of halogens is 1. The van der Waals surface area contributed by atoms with Crippen molar-refractivity contribution in [1.82, 2.24) is 15.5 Å². The van der Waals surface area contributed by atoms with Crippen molar-refractivity contribution in [2.75, 3.05) is 31.6 Å². The van der Waals surface area contributed by atoms with E-state index in [2.05, 4.69) is 20.9 Å². The Kier molecular flexibility index (Phi) is 11.4. The minimum Gasteiger partial charge on any atom is -0.450 e. The van der Waals surface area contributed by atoms with E-state index >= 15 is 0 Å². The molecule has 1 heterocycles. The molecule has 29 heavy (non-hydrogen) atoms. The van der Waals surface area contributed by atoms with Gasteiger partial charge in [0.05, 0.1) is 13.2 Å². The number of amides is 2. The van der Waals surface area contributed by atoms with Crippen LogP contribution in [0.25, 0.3) is 0 Å². The maximum Gasteiger partial charge on any atom is 0.409 e. The van der Waals surface area contributed by atoms with Crippen LogP contribution in [-0.2, 0) is 16.1 Å². The van der Waals surface area contributed by atoms with Gasteiger partial charge in [-0.1, -0.05) is 12.1 Å². The van der Waals surface area contributed by atoms with E-state index in [-0.39, 0.29) is 42.0 Å². The normalized spacial score (nSPS) is 14.6. The third kappa shape index (κ3) is 8.88. The Morgan fingerprint density at radius 2 is 1.97 bits per heavy atom. The van der Waals surface area contributed by atoms with Crippen LogP contribution >= 0.6 is 24.0 Å². The molecule has 1 fully saturated rings. The van der Waals surface area contributed by atoms with Gasteiger partial charge in [0.1, 0.15) is 0 Å². The summed E-state index contributed by atoms with van der Waals surface area (Å²) >= 11 is 0. The van der Waals surface area contributed by atoms with E-state index in [1.165, 1.54) is 6.92 Å². The Balaban J connectivity index is 0.00000420. The fraction of sp³-hybridized carbons (Fsp3) is 0.550. The van der Waals surface area contributed by atoms with Gasteiger partial charge in [-0.15, -0.1) is 24.0 Å². The zero-order valence-corrected chi connectivity index (χ0v) is 19.7. The van der Waals surface area contributed by atoms with Gasteiger partial charge in [0.25, 0.3) is 0 Å².